The molecule has 2 aromatic rings. The van der Waals surface area contributed by atoms with Crippen molar-refractivity contribution in [3.8, 4) is 0 Å². The van der Waals surface area contributed by atoms with E-state index in [1.165, 1.54) is 0 Å². The summed E-state index contributed by atoms with van der Waals surface area (Å²) in [5.74, 6) is 0. The first kappa shape index (κ1) is 8.84. The molecule has 5 heteroatoms. The summed E-state index contributed by atoms with van der Waals surface area (Å²) in [6.45, 7) is 0. The third-order valence-corrected chi connectivity index (χ3v) is 2.75. The van der Waals surface area contributed by atoms with Gasteiger partial charge < -0.3 is 4.57 Å². The Morgan fingerprint density at radius 1 is 1.54 bits per heavy atom. The van der Waals surface area contributed by atoms with Gasteiger partial charge in [-0.2, -0.15) is 0 Å². The van der Waals surface area contributed by atoms with Crippen molar-refractivity contribution in [2.24, 2.45) is 7.05 Å². The number of aryl methyl sites for hydroxylation is 1. The van der Waals surface area contributed by atoms with Crippen LogP contribution in [-0.2, 0) is 7.05 Å². The number of rotatable bonds is 1. The van der Waals surface area contributed by atoms with Gasteiger partial charge in [0.2, 0.25) is 0 Å². The van der Waals surface area contributed by atoms with Gasteiger partial charge >= 0.3 is 0 Å². The summed E-state index contributed by atoms with van der Waals surface area (Å²) in [6, 6.07) is 1.82. The maximum atomic E-state index is 5.80. The van der Waals surface area contributed by atoms with Crippen LogP contribution >= 0.6 is 23.4 Å². The largest absolute Gasteiger partial charge is 0.307 e. The molecule has 0 radical (unpaired) electrons. The molecule has 0 aromatic carbocycles. The van der Waals surface area contributed by atoms with E-state index in [4.69, 9.17) is 11.6 Å². The van der Waals surface area contributed by atoms with E-state index in [9.17, 15) is 0 Å². The SMILES string of the molecule is CSc1nc2cc(Cl)cnc2n1C. The lowest BCUT2D eigenvalue weighted by molar-refractivity contribution is 0.807. The van der Waals surface area contributed by atoms with Gasteiger partial charge in [0.25, 0.3) is 0 Å². The summed E-state index contributed by atoms with van der Waals surface area (Å²) in [6.07, 6.45) is 3.62. The lowest BCUT2D eigenvalue weighted by Gasteiger charge is -1.95. The third-order valence-electron chi connectivity index (χ3n) is 1.82. The zero-order valence-electron chi connectivity index (χ0n) is 7.28. The molecular formula is C8H8ClN3S. The number of fused-ring (bicyclic) bond motifs is 1. The molecule has 0 fully saturated rings. The fourth-order valence-corrected chi connectivity index (χ4v) is 1.92. The Hall–Kier alpha value is -0.740. The van der Waals surface area contributed by atoms with Crippen molar-refractivity contribution in [3.05, 3.63) is 17.3 Å². The van der Waals surface area contributed by atoms with Gasteiger partial charge in [0.15, 0.2) is 10.8 Å². The highest BCUT2D eigenvalue weighted by atomic mass is 35.5. The smallest absolute Gasteiger partial charge is 0.169 e. The van der Waals surface area contributed by atoms with Crippen LogP contribution in [0.3, 0.4) is 0 Å². The highest BCUT2D eigenvalue weighted by molar-refractivity contribution is 7.98. The molecule has 0 saturated carbocycles. The molecule has 0 aliphatic carbocycles. The minimum absolute atomic E-state index is 0.623. The molecule has 2 aromatic heterocycles. The molecular weight excluding hydrogens is 206 g/mol. The standard InChI is InChI=1S/C8H8ClN3S/c1-12-7-6(11-8(12)13-2)3-5(9)4-10-7/h3-4H,1-2H3. The van der Waals surface area contributed by atoms with E-state index in [0.29, 0.717) is 5.02 Å². The van der Waals surface area contributed by atoms with Gasteiger partial charge in [-0.05, 0) is 12.3 Å². The van der Waals surface area contributed by atoms with Gasteiger partial charge in [-0.3, -0.25) is 0 Å². The second kappa shape index (κ2) is 3.20. The normalized spacial score (nSPS) is 11.0. The molecule has 13 heavy (non-hydrogen) atoms. The molecule has 3 nitrogen and oxygen atoms in total. The Morgan fingerprint density at radius 3 is 3.00 bits per heavy atom. The monoisotopic (exact) mass is 213 g/mol. The molecule has 0 bridgehead atoms. The van der Waals surface area contributed by atoms with E-state index in [2.05, 4.69) is 9.97 Å². The van der Waals surface area contributed by atoms with Gasteiger partial charge in [-0.1, -0.05) is 23.4 Å². The van der Waals surface area contributed by atoms with E-state index in [-0.39, 0.29) is 0 Å². The Labute approximate surface area is 85.1 Å². The van der Waals surface area contributed by atoms with Crippen LogP contribution in [0.5, 0.6) is 0 Å². The maximum absolute atomic E-state index is 5.80. The predicted molar refractivity (Wildman–Crippen MR) is 55.3 cm³/mol. The number of aromatic nitrogens is 3. The zero-order valence-corrected chi connectivity index (χ0v) is 8.85. The Balaban J connectivity index is 2.76. The Morgan fingerprint density at radius 2 is 2.31 bits per heavy atom. The maximum Gasteiger partial charge on any atom is 0.169 e. The molecule has 0 unspecified atom stereocenters. The highest BCUT2D eigenvalue weighted by Crippen LogP contribution is 2.21. The van der Waals surface area contributed by atoms with Gasteiger partial charge in [0, 0.05) is 13.2 Å². The Bertz CT molecular complexity index is 452. The highest BCUT2D eigenvalue weighted by Gasteiger charge is 2.07. The van der Waals surface area contributed by atoms with Crippen molar-refractivity contribution >= 4 is 34.5 Å². The number of halogens is 1. The quantitative estimate of drug-likeness (QED) is 0.682. The van der Waals surface area contributed by atoms with Crippen molar-refractivity contribution in [1.29, 1.82) is 0 Å². The summed E-state index contributed by atoms with van der Waals surface area (Å²) >= 11 is 7.40. The second-order valence-electron chi connectivity index (χ2n) is 2.65. The lowest BCUT2D eigenvalue weighted by atomic mass is 10.4. The topological polar surface area (TPSA) is 30.7 Å². The van der Waals surface area contributed by atoms with E-state index < -0.39 is 0 Å². The molecule has 2 heterocycles. The van der Waals surface area contributed by atoms with Crippen LogP contribution in [0.4, 0.5) is 0 Å². The van der Waals surface area contributed by atoms with Crippen LogP contribution in [0.1, 0.15) is 0 Å². The summed E-state index contributed by atoms with van der Waals surface area (Å²) < 4.78 is 1.95. The minimum atomic E-state index is 0.623. The summed E-state index contributed by atoms with van der Waals surface area (Å²) in [5, 5.41) is 1.57. The lowest BCUT2D eigenvalue weighted by Crippen LogP contribution is -1.90. The van der Waals surface area contributed by atoms with Crippen molar-refractivity contribution in [2.75, 3.05) is 6.26 Å². The van der Waals surface area contributed by atoms with Gasteiger partial charge in [-0.25, -0.2) is 9.97 Å². The average Bonchev–Trinajstić information content (AvgIpc) is 2.42. The van der Waals surface area contributed by atoms with E-state index >= 15 is 0 Å². The molecule has 2 rings (SSSR count). The van der Waals surface area contributed by atoms with Crippen molar-refractivity contribution in [1.82, 2.24) is 14.5 Å². The minimum Gasteiger partial charge on any atom is -0.307 e. The molecule has 0 aliphatic heterocycles. The third kappa shape index (κ3) is 1.40. The first-order valence-corrected chi connectivity index (χ1v) is 5.34. The molecule has 0 spiro atoms. The molecule has 0 aliphatic rings. The van der Waals surface area contributed by atoms with Crippen LogP contribution in [0, 0.1) is 0 Å². The molecule has 0 N–H and O–H groups in total. The molecule has 0 atom stereocenters. The van der Waals surface area contributed by atoms with Crippen LogP contribution < -0.4 is 0 Å². The first-order chi connectivity index (χ1) is 6.22. The van der Waals surface area contributed by atoms with E-state index in [0.717, 1.165) is 16.3 Å². The Kier molecular flexibility index (Phi) is 2.17. The van der Waals surface area contributed by atoms with Gasteiger partial charge in [0.05, 0.1) is 5.02 Å². The van der Waals surface area contributed by atoms with Crippen LogP contribution in [0.15, 0.2) is 17.4 Å². The van der Waals surface area contributed by atoms with Crippen molar-refractivity contribution < 1.29 is 0 Å². The van der Waals surface area contributed by atoms with E-state index in [1.54, 1.807) is 18.0 Å². The number of pyridine rings is 1. The number of thioether (sulfide) groups is 1. The fourth-order valence-electron chi connectivity index (χ4n) is 1.21. The summed E-state index contributed by atoms with van der Waals surface area (Å²) in [7, 11) is 1.95. The molecule has 0 saturated heterocycles. The van der Waals surface area contributed by atoms with Crippen LogP contribution in [0.2, 0.25) is 5.02 Å². The number of hydrogen-bond donors (Lipinski definition) is 0. The first-order valence-electron chi connectivity index (χ1n) is 3.74. The van der Waals surface area contributed by atoms with Crippen molar-refractivity contribution in [3.63, 3.8) is 0 Å². The van der Waals surface area contributed by atoms with Crippen LogP contribution in [-0.4, -0.2) is 20.8 Å². The van der Waals surface area contributed by atoms with Gasteiger partial charge in [-0.15, -0.1) is 0 Å². The number of hydrogen-bond acceptors (Lipinski definition) is 3. The van der Waals surface area contributed by atoms with Crippen molar-refractivity contribution in [2.45, 2.75) is 5.16 Å². The molecule has 0 amide bonds. The number of imidazole rings is 1. The summed E-state index contributed by atoms with van der Waals surface area (Å²) in [5.41, 5.74) is 1.72. The summed E-state index contributed by atoms with van der Waals surface area (Å²) in [4.78, 5) is 8.57. The second-order valence-corrected chi connectivity index (χ2v) is 3.86. The molecule has 68 valence electrons. The van der Waals surface area contributed by atoms with Crippen LogP contribution in [0.25, 0.3) is 11.2 Å². The predicted octanol–water partition coefficient (Wildman–Crippen LogP) is 2.34. The fraction of sp³-hybridized carbons (Fsp3) is 0.250. The average molecular weight is 214 g/mol. The van der Waals surface area contributed by atoms with E-state index in [1.807, 2.05) is 23.9 Å². The number of nitrogens with zero attached hydrogens (tertiary/aromatic N) is 3. The zero-order chi connectivity index (χ0) is 9.42. The van der Waals surface area contributed by atoms with Gasteiger partial charge in [0.1, 0.15) is 5.52 Å².